The van der Waals surface area contributed by atoms with E-state index in [0.29, 0.717) is 0 Å². The summed E-state index contributed by atoms with van der Waals surface area (Å²) in [7, 11) is -7.44. The minimum atomic E-state index is -3.72. The van der Waals surface area contributed by atoms with Gasteiger partial charge >= 0.3 is 15.2 Å². The van der Waals surface area contributed by atoms with Gasteiger partial charge in [0.2, 0.25) is 0 Å². The lowest BCUT2D eigenvalue weighted by Gasteiger charge is -2.31. The van der Waals surface area contributed by atoms with Gasteiger partial charge in [-0.2, -0.15) is 0 Å². The van der Waals surface area contributed by atoms with E-state index < -0.39 is 61.9 Å². The molecule has 0 N–H and O–H groups in total. The second-order valence-corrected chi connectivity index (χ2v) is 14.0. The van der Waals surface area contributed by atoms with Crippen molar-refractivity contribution in [3.8, 4) is 11.5 Å². The number of benzene rings is 1. The predicted molar refractivity (Wildman–Crippen MR) is 136 cm³/mol. The molecule has 0 saturated heterocycles. The maximum Gasteiger partial charge on any atom is 0.367 e. The van der Waals surface area contributed by atoms with Crippen molar-refractivity contribution in [3.63, 3.8) is 0 Å². The maximum atomic E-state index is 16.2. The van der Waals surface area contributed by atoms with E-state index in [1.165, 1.54) is 0 Å². The van der Waals surface area contributed by atoms with E-state index in [9.17, 15) is 9.13 Å². The van der Waals surface area contributed by atoms with Gasteiger partial charge in [0, 0.05) is 11.1 Å². The molecule has 8 nitrogen and oxygen atoms in total. The van der Waals surface area contributed by atoms with Crippen molar-refractivity contribution < 1.29 is 45.5 Å². The van der Waals surface area contributed by atoms with Crippen LogP contribution in [0.3, 0.4) is 0 Å². The van der Waals surface area contributed by atoms with Crippen LogP contribution in [-0.2, 0) is 38.1 Å². The van der Waals surface area contributed by atoms with Crippen molar-refractivity contribution in [1.82, 2.24) is 0 Å². The quantitative estimate of drug-likeness (QED) is 0.214. The van der Waals surface area contributed by atoms with Crippen molar-refractivity contribution in [3.05, 3.63) is 22.8 Å². The first-order valence-corrected chi connectivity index (χ1v) is 15.5. The van der Waals surface area contributed by atoms with Crippen molar-refractivity contribution in [2.24, 2.45) is 0 Å². The molecule has 210 valence electrons. The van der Waals surface area contributed by atoms with Gasteiger partial charge in [-0.1, -0.05) is 41.5 Å². The number of ether oxygens (including phenoxy) is 2. The Kier molecular flexibility index (Phi) is 12.1. The standard InChI is InChI=1S/C24H42F2O8P2/c1-11-31-35(27,32-12-2)15-29-21-17(23(5,6)7)20(26)22(18(19(21)25)24(8,9)10)30-16-36(28,33-13-3)34-14-4/h11-16H2,1-10H3. The van der Waals surface area contributed by atoms with Crippen LogP contribution in [0.4, 0.5) is 8.78 Å². The Labute approximate surface area is 214 Å². The lowest BCUT2D eigenvalue weighted by molar-refractivity contribution is 0.189. The molecule has 12 heteroatoms. The summed E-state index contributed by atoms with van der Waals surface area (Å²) in [6, 6.07) is 0. The molecule has 0 aromatic heterocycles. The fourth-order valence-electron chi connectivity index (χ4n) is 3.55. The van der Waals surface area contributed by atoms with Crippen LogP contribution in [0.15, 0.2) is 0 Å². The summed E-state index contributed by atoms with van der Waals surface area (Å²) in [6.45, 7) is 16.9. The zero-order chi connectivity index (χ0) is 27.9. The molecule has 0 unspecified atom stereocenters. The van der Waals surface area contributed by atoms with E-state index in [4.69, 9.17) is 27.6 Å². The molecule has 0 atom stereocenters. The minimum absolute atomic E-state index is 0.0867. The van der Waals surface area contributed by atoms with E-state index in [1.807, 2.05) is 0 Å². The molecule has 0 heterocycles. The minimum Gasteiger partial charge on any atom is -0.477 e. The monoisotopic (exact) mass is 558 g/mol. The van der Waals surface area contributed by atoms with Gasteiger partial charge in [-0.25, -0.2) is 8.78 Å². The molecule has 0 fully saturated rings. The predicted octanol–water partition coefficient (Wildman–Crippen LogP) is 7.76. The molecule has 0 bridgehead atoms. The van der Waals surface area contributed by atoms with Crippen LogP contribution in [0.5, 0.6) is 11.5 Å². The highest BCUT2D eigenvalue weighted by Crippen LogP contribution is 2.53. The molecular weight excluding hydrogens is 516 g/mol. The molecular formula is C24H42F2O8P2. The number of rotatable bonds is 14. The third kappa shape index (κ3) is 8.50. The second kappa shape index (κ2) is 13.2. The highest BCUT2D eigenvalue weighted by atomic mass is 31.2. The Morgan fingerprint density at radius 3 is 1.03 bits per heavy atom. The Morgan fingerprint density at radius 2 is 0.833 bits per heavy atom. The van der Waals surface area contributed by atoms with Crippen LogP contribution in [0, 0.1) is 11.6 Å². The highest BCUT2D eigenvalue weighted by molar-refractivity contribution is 7.53. The first-order valence-electron chi connectivity index (χ1n) is 12.1. The van der Waals surface area contributed by atoms with Crippen LogP contribution >= 0.6 is 15.2 Å². The maximum absolute atomic E-state index is 16.2. The Balaban J connectivity index is 3.76. The van der Waals surface area contributed by atoms with Gasteiger partial charge in [0.15, 0.2) is 35.8 Å². The largest absolute Gasteiger partial charge is 0.477 e. The van der Waals surface area contributed by atoms with E-state index in [2.05, 4.69) is 0 Å². The van der Waals surface area contributed by atoms with Crippen LogP contribution in [0.25, 0.3) is 0 Å². The summed E-state index contributed by atoms with van der Waals surface area (Å²) in [5, 5.41) is 0. The van der Waals surface area contributed by atoms with Gasteiger partial charge in [-0.15, -0.1) is 0 Å². The van der Waals surface area contributed by atoms with Crippen LogP contribution < -0.4 is 9.47 Å². The summed E-state index contributed by atoms with van der Waals surface area (Å²) in [4.78, 5) is 0. The molecule has 0 spiro atoms. The fraction of sp³-hybridized carbons (Fsp3) is 0.750. The average Bonchev–Trinajstić information content (AvgIpc) is 2.71. The van der Waals surface area contributed by atoms with Gasteiger partial charge in [0.1, 0.15) is 0 Å². The van der Waals surface area contributed by atoms with Gasteiger partial charge < -0.3 is 27.6 Å². The Bertz CT molecular complexity index is 873. The molecule has 0 aliphatic rings. The van der Waals surface area contributed by atoms with Gasteiger partial charge in [0.25, 0.3) is 0 Å². The third-order valence-electron chi connectivity index (χ3n) is 4.83. The summed E-state index contributed by atoms with van der Waals surface area (Å²) < 4.78 is 90.6. The zero-order valence-electron chi connectivity index (χ0n) is 23.2. The smallest absolute Gasteiger partial charge is 0.367 e. The van der Waals surface area contributed by atoms with Crippen molar-refractivity contribution >= 4 is 15.2 Å². The highest BCUT2D eigenvalue weighted by Gasteiger charge is 2.39. The SMILES string of the molecule is CCOP(=O)(COc1c(F)c(C(C)(C)C)c(OCP(=O)(OCC)OCC)c(F)c1C(C)(C)C)OCC. The van der Waals surface area contributed by atoms with E-state index in [-0.39, 0.29) is 37.6 Å². The number of hydrogen-bond donors (Lipinski definition) is 0. The molecule has 0 aliphatic heterocycles. The zero-order valence-corrected chi connectivity index (χ0v) is 24.9. The molecule has 1 aromatic carbocycles. The van der Waals surface area contributed by atoms with Crippen LogP contribution in [-0.4, -0.2) is 39.1 Å². The molecule has 1 rings (SSSR count). The molecule has 0 radical (unpaired) electrons. The molecule has 0 aliphatic carbocycles. The first-order chi connectivity index (χ1) is 16.5. The van der Waals surface area contributed by atoms with Crippen molar-refractivity contribution in [2.45, 2.75) is 80.1 Å². The average molecular weight is 559 g/mol. The van der Waals surface area contributed by atoms with E-state index in [1.54, 1.807) is 69.2 Å². The fourth-order valence-corrected chi connectivity index (χ4v) is 6.15. The Morgan fingerprint density at radius 1 is 0.583 bits per heavy atom. The van der Waals surface area contributed by atoms with Crippen LogP contribution in [0.2, 0.25) is 0 Å². The lowest BCUT2D eigenvalue weighted by atomic mass is 9.80. The third-order valence-corrected chi connectivity index (χ3v) is 8.33. The summed E-state index contributed by atoms with van der Waals surface area (Å²) >= 11 is 0. The molecule has 36 heavy (non-hydrogen) atoms. The van der Waals surface area contributed by atoms with Crippen molar-refractivity contribution in [2.75, 3.05) is 39.1 Å². The topological polar surface area (TPSA) is 89.5 Å². The summed E-state index contributed by atoms with van der Waals surface area (Å²) in [6.07, 6.45) is -1.22. The summed E-state index contributed by atoms with van der Waals surface area (Å²) in [5.74, 6) is -2.58. The number of hydrogen-bond acceptors (Lipinski definition) is 8. The molecule has 0 saturated carbocycles. The second-order valence-electron chi connectivity index (χ2n) is 9.98. The molecule has 1 aromatic rings. The summed E-state index contributed by atoms with van der Waals surface area (Å²) in [5.41, 5.74) is -2.19. The number of halogens is 2. The first kappa shape index (κ1) is 33.0. The van der Waals surface area contributed by atoms with Gasteiger partial charge in [-0.3, -0.25) is 9.13 Å². The van der Waals surface area contributed by atoms with Crippen molar-refractivity contribution in [1.29, 1.82) is 0 Å². The van der Waals surface area contributed by atoms with E-state index >= 15 is 8.78 Å². The Hall–Kier alpha value is -1.02. The van der Waals surface area contributed by atoms with Gasteiger partial charge in [-0.05, 0) is 38.5 Å². The normalized spacial score (nSPS) is 13.2. The molecule has 0 amide bonds. The van der Waals surface area contributed by atoms with Gasteiger partial charge in [0.05, 0.1) is 26.4 Å². The van der Waals surface area contributed by atoms with Crippen LogP contribution in [0.1, 0.15) is 80.4 Å². The lowest BCUT2D eigenvalue weighted by Crippen LogP contribution is -2.24. The van der Waals surface area contributed by atoms with E-state index in [0.717, 1.165) is 0 Å².